The number of anilines is 2. The molecule has 1 N–H and O–H groups in total. The van der Waals surface area contributed by atoms with Crippen molar-refractivity contribution in [2.75, 3.05) is 5.32 Å². The number of thiazole rings is 1. The number of hydrogen-bond donors (Lipinski definition) is 1. The highest BCUT2D eigenvalue weighted by Gasteiger charge is 2.16. The van der Waals surface area contributed by atoms with E-state index in [0.29, 0.717) is 23.1 Å². The third-order valence-electron chi connectivity index (χ3n) is 6.09. The van der Waals surface area contributed by atoms with Crippen LogP contribution < -0.4 is 10.9 Å². The molecule has 10 heteroatoms. The molecule has 9 nitrogen and oxygen atoms in total. The number of hydrogen-bond acceptors (Lipinski definition) is 9. The van der Waals surface area contributed by atoms with Crippen LogP contribution >= 0.6 is 11.3 Å². The quantitative estimate of drug-likeness (QED) is 0.324. The molecule has 0 spiro atoms. The molecular weight excluding hydrogens is 486 g/mol. The van der Waals surface area contributed by atoms with Crippen LogP contribution in [0.2, 0.25) is 0 Å². The summed E-state index contributed by atoms with van der Waals surface area (Å²) in [5.74, 6) is 0.610. The molecule has 1 aromatic carbocycles. The summed E-state index contributed by atoms with van der Waals surface area (Å²) in [5.41, 5.74) is 6.27. The van der Waals surface area contributed by atoms with E-state index in [1.165, 1.54) is 11.3 Å². The van der Waals surface area contributed by atoms with E-state index in [4.69, 9.17) is 4.52 Å². The molecule has 0 aliphatic carbocycles. The third kappa shape index (κ3) is 4.27. The second-order valence-electron chi connectivity index (χ2n) is 8.66. The first-order chi connectivity index (χ1) is 18.0. The SMILES string of the molecule is Cc1cc2c(cn1)cc(-c1cc(Nc3noc(-c4csc(-c5cccnc5)n4)n3)ccc1C)c(=O)n2C. The van der Waals surface area contributed by atoms with E-state index < -0.39 is 0 Å². The van der Waals surface area contributed by atoms with Crippen LogP contribution in [0.3, 0.4) is 0 Å². The van der Waals surface area contributed by atoms with Crippen LogP contribution in [0.5, 0.6) is 0 Å². The molecule has 6 aromatic rings. The van der Waals surface area contributed by atoms with Crippen LogP contribution in [0.25, 0.3) is 44.2 Å². The Balaban J connectivity index is 1.30. The van der Waals surface area contributed by atoms with Crippen LogP contribution in [-0.2, 0) is 7.05 Å². The maximum atomic E-state index is 13.3. The topological polar surface area (TPSA) is 112 Å². The smallest absolute Gasteiger partial charge is 0.279 e. The molecule has 0 atom stereocenters. The van der Waals surface area contributed by atoms with E-state index in [1.807, 2.05) is 61.7 Å². The van der Waals surface area contributed by atoms with E-state index >= 15 is 0 Å². The Morgan fingerprint density at radius 3 is 2.76 bits per heavy atom. The Morgan fingerprint density at radius 1 is 1.03 bits per heavy atom. The van der Waals surface area contributed by atoms with Crippen LogP contribution in [0.15, 0.2) is 75.8 Å². The Kier molecular flexibility index (Phi) is 5.57. The lowest BCUT2D eigenvalue weighted by molar-refractivity contribution is 0.431. The molecule has 0 radical (unpaired) electrons. The van der Waals surface area contributed by atoms with Crippen molar-refractivity contribution in [2.24, 2.45) is 7.05 Å². The molecule has 0 fully saturated rings. The largest absolute Gasteiger partial charge is 0.330 e. The summed E-state index contributed by atoms with van der Waals surface area (Å²) in [4.78, 5) is 30.8. The van der Waals surface area contributed by atoms with Gasteiger partial charge in [-0.1, -0.05) is 6.07 Å². The number of aromatic nitrogens is 6. The summed E-state index contributed by atoms with van der Waals surface area (Å²) in [7, 11) is 1.78. The van der Waals surface area contributed by atoms with Gasteiger partial charge in [0.1, 0.15) is 10.7 Å². The minimum absolute atomic E-state index is 0.0758. The van der Waals surface area contributed by atoms with E-state index in [9.17, 15) is 4.79 Å². The number of aryl methyl sites for hydroxylation is 3. The first kappa shape index (κ1) is 22.7. The van der Waals surface area contributed by atoms with E-state index in [2.05, 4.69) is 30.4 Å². The van der Waals surface area contributed by atoms with Crippen LogP contribution in [0.1, 0.15) is 11.3 Å². The summed E-state index contributed by atoms with van der Waals surface area (Å²) in [6, 6.07) is 13.4. The van der Waals surface area contributed by atoms with Crippen molar-refractivity contribution in [3.8, 4) is 33.3 Å². The fourth-order valence-electron chi connectivity index (χ4n) is 4.15. The second kappa shape index (κ2) is 9.07. The average Bonchev–Trinajstić information content (AvgIpc) is 3.58. The lowest BCUT2D eigenvalue weighted by atomic mass is 9.99. The second-order valence-corrected chi connectivity index (χ2v) is 9.52. The van der Waals surface area contributed by atoms with Gasteiger partial charge in [0.25, 0.3) is 17.4 Å². The highest BCUT2D eigenvalue weighted by molar-refractivity contribution is 7.13. The van der Waals surface area contributed by atoms with Crippen LogP contribution in [-0.4, -0.2) is 29.7 Å². The molecule has 0 aliphatic rings. The third-order valence-corrected chi connectivity index (χ3v) is 6.98. The van der Waals surface area contributed by atoms with E-state index in [-0.39, 0.29) is 5.56 Å². The monoisotopic (exact) mass is 507 g/mol. The molecular formula is C27H21N7O2S. The maximum Gasteiger partial charge on any atom is 0.279 e. The summed E-state index contributed by atoms with van der Waals surface area (Å²) in [6.45, 7) is 3.89. The molecule has 5 aromatic heterocycles. The predicted molar refractivity (Wildman–Crippen MR) is 144 cm³/mol. The summed E-state index contributed by atoms with van der Waals surface area (Å²) < 4.78 is 7.11. The maximum absolute atomic E-state index is 13.3. The molecule has 0 aliphatic heterocycles. The molecule has 0 saturated carbocycles. The fourth-order valence-corrected chi connectivity index (χ4v) is 4.93. The van der Waals surface area contributed by atoms with Crippen molar-refractivity contribution < 1.29 is 4.52 Å². The fraction of sp³-hybridized carbons (Fsp3) is 0.111. The van der Waals surface area contributed by atoms with Gasteiger partial charge in [-0.05, 0) is 66.5 Å². The summed E-state index contributed by atoms with van der Waals surface area (Å²) in [5, 5.41) is 10.8. The number of rotatable bonds is 5. The molecule has 0 saturated heterocycles. The lowest BCUT2D eigenvalue weighted by Gasteiger charge is -2.12. The van der Waals surface area contributed by atoms with Crippen LogP contribution in [0, 0.1) is 13.8 Å². The minimum atomic E-state index is -0.0758. The standard InChI is InChI=1S/C27H21N7O2S/c1-15-6-7-19(11-20(15)21-10-18-13-29-16(2)9-23(18)34(3)26(21)35)30-27-32-24(36-33-27)22-14-37-25(31-22)17-5-4-8-28-12-17/h4-14H,1-3H3,(H,30,33). The zero-order valence-electron chi connectivity index (χ0n) is 20.3. The van der Waals surface area contributed by atoms with Gasteiger partial charge in [-0.25, -0.2) is 4.98 Å². The lowest BCUT2D eigenvalue weighted by Crippen LogP contribution is -2.19. The van der Waals surface area contributed by atoms with Gasteiger partial charge >= 0.3 is 0 Å². The van der Waals surface area contributed by atoms with Crippen molar-refractivity contribution in [3.63, 3.8) is 0 Å². The summed E-state index contributed by atoms with van der Waals surface area (Å²) >= 11 is 1.48. The van der Waals surface area contributed by atoms with Crippen molar-refractivity contribution in [3.05, 3.63) is 88.0 Å². The molecule has 5 heterocycles. The van der Waals surface area contributed by atoms with E-state index in [0.717, 1.165) is 44.0 Å². The number of nitrogens with zero attached hydrogens (tertiary/aromatic N) is 6. The minimum Gasteiger partial charge on any atom is -0.330 e. The van der Waals surface area contributed by atoms with Gasteiger partial charge in [0.15, 0.2) is 0 Å². The molecule has 182 valence electrons. The molecule has 0 bridgehead atoms. The molecule has 0 unspecified atom stereocenters. The Morgan fingerprint density at radius 2 is 1.92 bits per heavy atom. The predicted octanol–water partition coefficient (Wildman–Crippen LogP) is 5.53. The van der Waals surface area contributed by atoms with Gasteiger partial charge in [0.05, 0.1) is 5.52 Å². The average molecular weight is 508 g/mol. The van der Waals surface area contributed by atoms with Crippen molar-refractivity contribution in [1.82, 2.24) is 29.7 Å². The van der Waals surface area contributed by atoms with Gasteiger partial charge in [-0.15, -0.1) is 11.3 Å². The van der Waals surface area contributed by atoms with Crippen molar-refractivity contribution in [1.29, 1.82) is 0 Å². The number of pyridine rings is 3. The Bertz CT molecular complexity index is 1820. The van der Waals surface area contributed by atoms with Gasteiger partial charge in [0.2, 0.25) is 0 Å². The zero-order chi connectivity index (χ0) is 25.5. The molecule has 37 heavy (non-hydrogen) atoms. The number of benzene rings is 1. The molecule has 6 rings (SSSR count). The van der Waals surface area contributed by atoms with Gasteiger partial charge < -0.3 is 14.4 Å². The highest BCUT2D eigenvalue weighted by Crippen LogP contribution is 2.30. The number of fused-ring (bicyclic) bond motifs is 1. The van der Waals surface area contributed by atoms with Crippen molar-refractivity contribution >= 4 is 33.9 Å². The zero-order valence-corrected chi connectivity index (χ0v) is 21.1. The summed E-state index contributed by atoms with van der Waals surface area (Å²) in [6.07, 6.45) is 5.28. The number of nitrogens with one attached hydrogen (secondary N) is 1. The first-order valence-electron chi connectivity index (χ1n) is 11.5. The molecule has 0 amide bonds. The van der Waals surface area contributed by atoms with Crippen molar-refractivity contribution in [2.45, 2.75) is 13.8 Å². The van der Waals surface area contributed by atoms with Crippen LogP contribution in [0.4, 0.5) is 11.6 Å². The Labute approximate surface area is 215 Å². The van der Waals surface area contributed by atoms with E-state index in [1.54, 1.807) is 30.2 Å². The van der Waals surface area contributed by atoms with Gasteiger partial charge in [-0.2, -0.15) is 4.98 Å². The normalized spacial score (nSPS) is 11.2. The Hall–Kier alpha value is -4.70. The van der Waals surface area contributed by atoms with Gasteiger partial charge in [-0.3, -0.25) is 14.8 Å². The highest BCUT2D eigenvalue weighted by atomic mass is 32.1. The first-order valence-corrected chi connectivity index (χ1v) is 12.4. The van der Waals surface area contributed by atoms with Gasteiger partial charge in [0, 0.05) is 58.9 Å².